The number of nitrogens with zero attached hydrogens (tertiary/aromatic N) is 1. The standard InChI is InChI=1S/C23H21Cl2F3N2OS/c1-13-6-14(2-3-19(13)21(31)30-18-4-5-32-11-18)20-10-22(12-29-20,23(26,27)28)15-7-16(24)9-17(25)8-15/h2-3,6-9,18H,4-5,10-12H2,1H3,(H,30,31)/t18?,22-/m0/s1. The number of amides is 1. The third kappa shape index (κ3) is 4.52. The Morgan fingerprint density at radius 3 is 2.50 bits per heavy atom. The van der Waals surface area contributed by atoms with Gasteiger partial charge in [0.25, 0.3) is 5.91 Å². The van der Waals surface area contributed by atoms with Crippen LogP contribution in [0.3, 0.4) is 0 Å². The number of aryl methyl sites for hydroxylation is 1. The summed E-state index contributed by atoms with van der Waals surface area (Å²) in [6, 6.07) is 9.23. The number of carbonyl (C=O) groups is 1. The number of aliphatic imine (C=N–C) groups is 1. The normalized spacial score (nSPS) is 23.3. The molecule has 0 radical (unpaired) electrons. The molecule has 4 rings (SSSR count). The largest absolute Gasteiger partial charge is 0.400 e. The van der Waals surface area contributed by atoms with Crippen LogP contribution in [-0.2, 0) is 5.41 Å². The first-order valence-corrected chi connectivity index (χ1v) is 12.1. The lowest BCUT2D eigenvalue weighted by Gasteiger charge is -2.31. The van der Waals surface area contributed by atoms with Gasteiger partial charge in [-0.3, -0.25) is 9.79 Å². The molecule has 0 aliphatic carbocycles. The molecule has 1 fully saturated rings. The summed E-state index contributed by atoms with van der Waals surface area (Å²) in [6.45, 7) is 1.34. The summed E-state index contributed by atoms with van der Waals surface area (Å²) in [4.78, 5) is 16.9. The van der Waals surface area contributed by atoms with E-state index in [0.29, 0.717) is 22.4 Å². The topological polar surface area (TPSA) is 41.5 Å². The van der Waals surface area contributed by atoms with Gasteiger partial charge >= 0.3 is 6.18 Å². The van der Waals surface area contributed by atoms with Gasteiger partial charge in [-0.25, -0.2) is 0 Å². The Balaban J connectivity index is 1.59. The summed E-state index contributed by atoms with van der Waals surface area (Å²) in [5.41, 5.74) is -0.0450. The molecule has 1 unspecified atom stereocenters. The van der Waals surface area contributed by atoms with E-state index in [9.17, 15) is 18.0 Å². The van der Waals surface area contributed by atoms with Crippen LogP contribution in [-0.4, -0.2) is 41.9 Å². The first-order chi connectivity index (χ1) is 15.1. The summed E-state index contributed by atoms with van der Waals surface area (Å²) in [7, 11) is 0. The van der Waals surface area contributed by atoms with E-state index in [1.54, 1.807) is 36.9 Å². The van der Waals surface area contributed by atoms with Crippen molar-refractivity contribution < 1.29 is 18.0 Å². The van der Waals surface area contributed by atoms with Crippen molar-refractivity contribution in [1.29, 1.82) is 0 Å². The third-order valence-electron chi connectivity index (χ3n) is 6.04. The van der Waals surface area contributed by atoms with Crippen LogP contribution in [0.15, 0.2) is 41.4 Å². The van der Waals surface area contributed by atoms with Gasteiger partial charge in [-0.2, -0.15) is 24.9 Å². The lowest BCUT2D eigenvalue weighted by atomic mass is 9.76. The number of rotatable bonds is 4. The highest BCUT2D eigenvalue weighted by atomic mass is 35.5. The minimum absolute atomic E-state index is 0.00315. The zero-order chi connectivity index (χ0) is 23.1. The van der Waals surface area contributed by atoms with Crippen molar-refractivity contribution in [3.8, 4) is 0 Å². The number of hydrogen-bond donors (Lipinski definition) is 1. The maximum absolute atomic E-state index is 14.3. The van der Waals surface area contributed by atoms with Crippen molar-refractivity contribution in [3.63, 3.8) is 0 Å². The molecule has 0 spiro atoms. The van der Waals surface area contributed by atoms with E-state index in [-0.39, 0.29) is 34.0 Å². The molecule has 3 nitrogen and oxygen atoms in total. The summed E-state index contributed by atoms with van der Waals surface area (Å²) < 4.78 is 42.8. The van der Waals surface area contributed by atoms with Gasteiger partial charge in [0.2, 0.25) is 0 Å². The third-order valence-corrected chi connectivity index (χ3v) is 7.63. The van der Waals surface area contributed by atoms with Crippen LogP contribution in [0.4, 0.5) is 13.2 Å². The van der Waals surface area contributed by atoms with Crippen molar-refractivity contribution >= 4 is 46.6 Å². The lowest BCUT2D eigenvalue weighted by molar-refractivity contribution is -0.183. The molecule has 0 bridgehead atoms. The van der Waals surface area contributed by atoms with Gasteiger partial charge in [0.05, 0.1) is 6.54 Å². The fourth-order valence-electron chi connectivity index (χ4n) is 4.21. The second-order valence-electron chi connectivity index (χ2n) is 8.24. The van der Waals surface area contributed by atoms with Crippen LogP contribution >= 0.6 is 35.0 Å². The summed E-state index contributed by atoms with van der Waals surface area (Å²) in [5.74, 6) is 1.77. The molecule has 2 aromatic rings. The number of alkyl halides is 3. The van der Waals surface area contributed by atoms with Gasteiger partial charge in [0.15, 0.2) is 0 Å². The first kappa shape index (κ1) is 23.5. The van der Waals surface area contributed by atoms with Gasteiger partial charge in [-0.15, -0.1) is 0 Å². The van der Waals surface area contributed by atoms with Crippen molar-refractivity contribution in [2.45, 2.75) is 37.4 Å². The van der Waals surface area contributed by atoms with Gasteiger partial charge < -0.3 is 5.32 Å². The molecule has 1 N–H and O–H groups in total. The van der Waals surface area contributed by atoms with E-state index in [0.717, 1.165) is 17.9 Å². The molecule has 2 aliphatic heterocycles. The predicted octanol–water partition coefficient (Wildman–Crippen LogP) is 6.23. The smallest absolute Gasteiger partial charge is 0.348 e. The number of thioether (sulfide) groups is 1. The van der Waals surface area contributed by atoms with Crippen molar-refractivity contribution in [3.05, 3.63) is 68.7 Å². The van der Waals surface area contributed by atoms with E-state index in [4.69, 9.17) is 23.2 Å². The Bertz CT molecular complexity index is 1060. The molecule has 1 amide bonds. The minimum atomic E-state index is -4.54. The van der Waals surface area contributed by atoms with Crippen molar-refractivity contribution in [2.75, 3.05) is 18.1 Å². The Morgan fingerprint density at radius 1 is 1.19 bits per heavy atom. The molecule has 9 heteroatoms. The zero-order valence-corrected chi connectivity index (χ0v) is 19.6. The number of hydrogen-bond acceptors (Lipinski definition) is 3. The second kappa shape index (κ2) is 8.92. The molecule has 1 saturated heterocycles. The average Bonchev–Trinajstić information content (AvgIpc) is 3.37. The predicted molar refractivity (Wildman–Crippen MR) is 125 cm³/mol. The van der Waals surface area contributed by atoms with Gasteiger partial charge in [-0.05, 0) is 66.1 Å². The SMILES string of the molecule is Cc1cc(C2=NC[C@@](c3cc(Cl)cc(Cl)c3)(C(F)(F)F)C2)ccc1C(=O)NC1CCSC1. The highest BCUT2D eigenvalue weighted by Gasteiger charge is 2.58. The Labute approximate surface area is 198 Å². The Kier molecular flexibility index (Phi) is 6.54. The van der Waals surface area contributed by atoms with Crippen molar-refractivity contribution in [1.82, 2.24) is 5.32 Å². The van der Waals surface area contributed by atoms with E-state index in [2.05, 4.69) is 10.3 Å². The molecular weight excluding hydrogens is 480 g/mol. The van der Waals surface area contributed by atoms with Crippen LogP contribution in [0.5, 0.6) is 0 Å². The maximum atomic E-state index is 14.3. The molecule has 0 saturated carbocycles. The molecule has 2 atom stereocenters. The van der Waals surface area contributed by atoms with Crippen LogP contribution < -0.4 is 5.32 Å². The summed E-state index contributed by atoms with van der Waals surface area (Å²) >= 11 is 13.8. The van der Waals surface area contributed by atoms with Gasteiger partial charge in [0.1, 0.15) is 5.41 Å². The van der Waals surface area contributed by atoms with Crippen LogP contribution in [0, 0.1) is 6.92 Å². The van der Waals surface area contributed by atoms with Crippen LogP contribution in [0.25, 0.3) is 0 Å². The average molecular weight is 501 g/mol. The minimum Gasteiger partial charge on any atom is -0.348 e. The molecule has 2 aromatic carbocycles. The number of benzene rings is 2. The van der Waals surface area contributed by atoms with Gasteiger partial charge in [0, 0.05) is 39.5 Å². The summed E-state index contributed by atoms with van der Waals surface area (Å²) in [5, 5.41) is 3.33. The Morgan fingerprint density at radius 2 is 1.91 bits per heavy atom. The number of nitrogens with one attached hydrogen (secondary N) is 1. The molecule has 2 heterocycles. The fourth-order valence-corrected chi connectivity index (χ4v) is 5.89. The zero-order valence-electron chi connectivity index (χ0n) is 17.2. The molecule has 0 aromatic heterocycles. The monoisotopic (exact) mass is 500 g/mol. The summed E-state index contributed by atoms with van der Waals surface area (Å²) in [6.07, 6.45) is -3.92. The first-order valence-electron chi connectivity index (χ1n) is 10.2. The van der Waals surface area contributed by atoms with Crippen LogP contribution in [0.2, 0.25) is 10.0 Å². The molecular formula is C23H21Cl2F3N2OS. The quantitative estimate of drug-likeness (QED) is 0.540. The Hall–Kier alpha value is -1.70. The van der Waals surface area contributed by atoms with Gasteiger partial charge in [-0.1, -0.05) is 29.3 Å². The van der Waals surface area contributed by atoms with Crippen molar-refractivity contribution in [2.24, 2.45) is 4.99 Å². The molecule has 170 valence electrons. The maximum Gasteiger partial charge on any atom is 0.400 e. The fraction of sp³-hybridized carbons (Fsp3) is 0.391. The molecule has 32 heavy (non-hydrogen) atoms. The van der Waals surface area contributed by atoms with E-state index in [1.165, 1.54) is 18.2 Å². The van der Waals surface area contributed by atoms with Crippen LogP contribution in [0.1, 0.15) is 39.9 Å². The molecule has 2 aliphatic rings. The number of carbonyl (C=O) groups excluding carboxylic acids is 1. The highest BCUT2D eigenvalue weighted by molar-refractivity contribution is 7.99. The number of halogens is 5. The van der Waals surface area contributed by atoms with E-state index < -0.39 is 18.1 Å². The highest BCUT2D eigenvalue weighted by Crippen LogP contribution is 2.48. The second-order valence-corrected chi connectivity index (χ2v) is 10.3. The van der Waals surface area contributed by atoms with E-state index in [1.807, 2.05) is 0 Å². The van der Waals surface area contributed by atoms with E-state index >= 15 is 0 Å². The lowest BCUT2D eigenvalue weighted by Crippen LogP contribution is -2.43.